The third-order valence-corrected chi connectivity index (χ3v) is 1.99. The quantitative estimate of drug-likeness (QED) is 0.508. The van der Waals surface area contributed by atoms with Gasteiger partial charge >= 0.3 is 0 Å². The molecule has 1 aliphatic rings. The van der Waals surface area contributed by atoms with E-state index in [2.05, 4.69) is 31.9 Å². The van der Waals surface area contributed by atoms with Crippen molar-refractivity contribution in [3.63, 3.8) is 0 Å². The van der Waals surface area contributed by atoms with E-state index in [4.69, 9.17) is 7.85 Å². The highest BCUT2D eigenvalue weighted by molar-refractivity contribution is 6.23. The highest BCUT2D eigenvalue weighted by Gasteiger charge is 2.14. The molecule has 1 rings (SSSR count). The minimum atomic E-state index is 0.502. The molecule has 1 nitrogen and oxygen atoms in total. The largest absolute Gasteiger partial charge is 0.374 e. The zero-order valence-corrected chi connectivity index (χ0v) is 7.41. The number of nitrogens with zero attached hydrogens (tertiary/aromatic N) is 1. The minimum Gasteiger partial charge on any atom is -0.374 e. The first-order chi connectivity index (χ1) is 5.11. The number of hydrogen-bond donors (Lipinski definition) is 0. The van der Waals surface area contributed by atoms with Crippen LogP contribution in [0, 0.1) is 5.92 Å². The second-order valence-corrected chi connectivity index (χ2v) is 3.39. The molecule has 0 bridgehead atoms. The number of allylic oxidation sites excluding steroid dienone is 2. The second kappa shape index (κ2) is 3.16. The summed E-state index contributed by atoms with van der Waals surface area (Å²) in [6.45, 7) is 4.42. The van der Waals surface area contributed by atoms with Crippen LogP contribution in [0.25, 0.3) is 0 Å². The van der Waals surface area contributed by atoms with Crippen molar-refractivity contribution >= 4 is 7.85 Å². The Balaban J connectivity index is 2.69. The lowest BCUT2D eigenvalue weighted by Crippen LogP contribution is -2.32. The predicted octanol–water partition coefficient (Wildman–Crippen LogP) is 1.52. The van der Waals surface area contributed by atoms with Crippen LogP contribution in [0.15, 0.2) is 23.8 Å². The molecule has 58 valence electrons. The summed E-state index contributed by atoms with van der Waals surface area (Å²) in [5.74, 6) is 0.639. The van der Waals surface area contributed by atoms with Crippen molar-refractivity contribution < 1.29 is 0 Å². The molecule has 0 aromatic carbocycles. The van der Waals surface area contributed by atoms with E-state index in [1.807, 2.05) is 12.3 Å². The Morgan fingerprint density at radius 2 is 2.18 bits per heavy atom. The smallest absolute Gasteiger partial charge is 0.115 e. The van der Waals surface area contributed by atoms with Crippen molar-refractivity contribution in [3.05, 3.63) is 23.8 Å². The molecule has 1 atom stereocenters. The van der Waals surface area contributed by atoms with Crippen molar-refractivity contribution in [2.75, 3.05) is 7.05 Å². The zero-order valence-electron chi connectivity index (χ0n) is 7.41. The fourth-order valence-corrected chi connectivity index (χ4v) is 1.40. The molecule has 0 aliphatic carbocycles. The number of likely N-dealkylation sites (N-methyl/N-ethyl adjacent to an activating group) is 1. The summed E-state index contributed by atoms with van der Waals surface area (Å²) >= 11 is 0. The second-order valence-electron chi connectivity index (χ2n) is 3.39. The van der Waals surface area contributed by atoms with Crippen LogP contribution in [0.5, 0.6) is 0 Å². The molecule has 0 spiro atoms. The Morgan fingerprint density at radius 3 is 2.64 bits per heavy atom. The molecular formula is C9H14BN. The standard InChI is InChI=1S/C9H14BN/c1-7(2)9-5-4-8(10)6-11(9)3/h4-7,9H,1-3H3. The summed E-state index contributed by atoms with van der Waals surface area (Å²) < 4.78 is 0. The van der Waals surface area contributed by atoms with Crippen LogP contribution < -0.4 is 0 Å². The normalized spacial score (nSPS) is 24.2. The average Bonchev–Trinajstić information content (AvgIpc) is 1.85. The first kappa shape index (κ1) is 8.44. The summed E-state index contributed by atoms with van der Waals surface area (Å²) in [4.78, 5) is 2.15. The van der Waals surface area contributed by atoms with Crippen LogP contribution in [-0.2, 0) is 0 Å². The molecule has 0 N–H and O–H groups in total. The summed E-state index contributed by atoms with van der Waals surface area (Å²) in [5.41, 5.74) is 0.837. The molecule has 0 aromatic rings. The highest BCUT2D eigenvalue weighted by Crippen LogP contribution is 2.16. The van der Waals surface area contributed by atoms with Gasteiger partial charge in [-0.1, -0.05) is 31.5 Å². The van der Waals surface area contributed by atoms with Gasteiger partial charge in [0.1, 0.15) is 7.85 Å². The first-order valence-electron chi connectivity index (χ1n) is 3.98. The molecule has 2 radical (unpaired) electrons. The van der Waals surface area contributed by atoms with Crippen LogP contribution in [0.1, 0.15) is 13.8 Å². The lowest BCUT2D eigenvalue weighted by Gasteiger charge is -2.30. The molecule has 1 heterocycles. The Hall–Kier alpha value is -0.655. The third kappa shape index (κ3) is 1.89. The molecule has 0 saturated heterocycles. The topological polar surface area (TPSA) is 3.24 Å². The number of rotatable bonds is 1. The maximum Gasteiger partial charge on any atom is 0.115 e. The van der Waals surface area contributed by atoms with Gasteiger partial charge in [0.2, 0.25) is 0 Å². The van der Waals surface area contributed by atoms with Crippen LogP contribution in [0.3, 0.4) is 0 Å². The Morgan fingerprint density at radius 1 is 1.55 bits per heavy atom. The fraction of sp³-hybridized carbons (Fsp3) is 0.556. The van der Waals surface area contributed by atoms with Crippen molar-refractivity contribution in [1.29, 1.82) is 0 Å². The molecule has 1 unspecified atom stereocenters. The lowest BCUT2D eigenvalue weighted by atomic mass is 9.90. The van der Waals surface area contributed by atoms with Gasteiger partial charge in [-0.15, -0.1) is 0 Å². The summed E-state index contributed by atoms with van der Waals surface area (Å²) in [5, 5.41) is 0. The Bertz CT molecular complexity index is 194. The van der Waals surface area contributed by atoms with E-state index in [-0.39, 0.29) is 0 Å². The van der Waals surface area contributed by atoms with Crippen molar-refractivity contribution in [1.82, 2.24) is 4.90 Å². The maximum atomic E-state index is 5.62. The van der Waals surface area contributed by atoms with Gasteiger partial charge in [0.15, 0.2) is 0 Å². The highest BCUT2D eigenvalue weighted by atomic mass is 15.1. The summed E-state index contributed by atoms with van der Waals surface area (Å²) in [7, 11) is 7.68. The Labute approximate surface area is 70.2 Å². The SMILES string of the molecule is [B]C1=CN(C)C(C(C)C)C=C1. The van der Waals surface area contributed by atoms with E-state index in [1.165, 1.54) is 0 Å². The van der Waals surface area contributed by atoms with Gasteiger partial charge in [-0.05, 0) is 12.1 Å². The van der Waals surface area contributed by atoms with E-state index >= 15 is 0 Å². The van der Waals surface area contributed by atoms with E-state index in [0.29, 0.717) is 12.0 Å². The van der Waals surface area contributed by atoms with Gasteiger partial charge < -0.3 is 4.90 Å². The predicted molar refractivity (Wildman–Crippen MR) is 49.4 cm³/mol. The van der Waals surface area contributed by atoms with E-state index < -0.39 is 0 Å². The summed E-state index contributed by atoms with van der Waals surface area (Å²) in [6, 6.07) is 0.502. The van der Waals surface area contributed by atoms with Crippen LogP contribution in [0.4, 0.5) is 0 Å². The van der Waals surface area contributed by atoms with Crippen LogP contribution in [0.2, 0.25) is 0 Å². The lowest BCUT2D eigenvalue weighted by molar-refractivity contribution is 0.306. The maximum absolute atomic E-state index is 5.62. The van der Waals surface area contributed by atoms with Crippen LogP contribution >= 0.6 is 0 Å². The van der Waals surface area contributed by atoms with E-state index in [1.54, 1.807) is 0 Å². The molecule has 0 saturated carbocycles. The van der Waals surface area contributed by atoms with Gasteiger partial charge in [0.25, 0.3) is 0 Å². The molecule has 0 fully saturated rings. The van der Waals surface area contributed by atoms with Gasteiger partial charge in [0.05, 0.1) is 0 Å². The Kier molecular flexibility index (Phi) is 2.43. The van der Waals surface area contributed by atoms with E-state index in [0.717, 1.165) is 5.47 Å². The van der Waals surface area contributed by atoms with Crippen LogP contribution in [-0.4, -0.2) is 25.8 Å². The molecule has 1 aliphatic heterocycles. The van der Waals surface area contributed by atoms with Gasteiger partial charge in [-0.25, -0.2) is 0 Å². The molecule has 2 heteroatoms. The van der Waals surface area contributed by atoms with Gasteiger partial charge in [-0.2, -0.15) is 0 Å². The average molecular weight is 147 g/mol. The van der Waals surface area contributed by atoms with Crippen molar-refractivity contribution in [2.45, 2.75) is 19.9 Å². The zero-order chi connectivity index (χ0) is 8.43. The summed E-state index contributed by atoms with van der Waals surface area (Å²) in [6.07, 6.45) is 6.11. The molecule has 0 aromatic heterocycles. The fourth-order valence-electron chi connectivity index (χ4n) is 1.40. The van der Waals surface area contributed by atoms with Crippen molar-refractivity contribution in [2.24, 2.45) is 5.92 Å². The van der Waals surface area contributed by atoms with Gasteiger partial charge in [-0.3, -0.25) is 0 Å². The third-order valence-electron chi connectivity index (χ3n) is 1.99. The minimum absolute atomic E-state index is 0.502. The molecule has 0 amide bonds. The van der Waals surface area contributed by atoms with Crippen molar-refractivity contribution in [3.8, 4) is 0 Å². The monoisotopic (exact) mass is 147 g/mol. The van der Waals surface area contributed by atoms with E-state index in [9.17, 15) is 0 Å². The van der Waals surface area contributed by atoms with Gasteiger partial charge in [0, 0.05) is 13.1 Å². The molecular weight excluding hydrogens is 133 g/mol. The molecule has 11 heavy (non-hydrogen) atoms. The first-order valence-corrected chi connectivity index (χ1v) is 3.98. The number of hydrogen-bond acceptors (Lipinski definition) is 1.